The first-order chi connectivity index (χ1) is 10.8. The summed E-state index contributed by atoms with van der Waals surface area (Å²) >= 11 is 0. The fraction of sp³-hybridized carbons (Fsp3) is 1.00. The second kappa shape index (κ2) is 9.28. The van der Waals surface area contributed by atoms with E-state index in [9.17, 15) is 8.78 Å². The lowest BCUT2D eigenvalue weighted by molar-refractivity contribution is -0.133. The molecule has 1 atom stereocenters. The fourth-order valence-corrected chi connectivity index (χ4v) is 3.83. The molecule has 138 valence electrons. The van der Waals surface area contributed by atoms with Crippen LogP contribution in [0, 0.1) is 5.92 Å². The molecular formula is C18H37F2N3. The van der Waals surface area contributed by atoms with Crippen molar-refractivity contribution in [2.45, 2.75) is 65.0 Å². The van der Waals surface area contributed by atoms with E-state index in [1.165, 1.54) is 0 Å². The van der Waals surface area contributed by atoms with Crippen LogP contribution in [-0.2, 0) is 0 Å². The van der Waals surface area contributed by atoms with Crippen LogP contribution in [0.4, 0.5) is 8.78 Å². The highest BCUT2D eigenvalue weighted by Crippen LogP contribution is 2.33. The third-order valence-corrected chi connectivity index (χ3v) is 4.93. The first-order valence-electron chi connectivity index (χ1n) is 9.30. The maximum Gasteiger partial charge on any atom is 0.275 e. The first-order valence-corrected chi connectivity index (χ1v) is 9.30. The van der Waals surface area contributed by atoms with Gasteiger partial charge in [0.05, 0.1) is 12.6 Å². The van der Waals surface area contributed by atoms with Gasteiger partial charge < -0.3 is 4.90 Å². The van der Waals surface area contributed by atoms with Crippen LogP contribution in [0.1, 0.15) is 47.0 Å². The van der Waals surface area contributed by atoms with Gasteiger partial charge in [0.15, 0.2) is 0 Å². The highest BCUT2D eigenvalue weighted by Gasteiger charge is 2.47. The number of rotatable bonds is 4. The minimum atomic E-state index is -2.57. The minimum Gasteiger partial charge on any atom is -0.306 e. The van der Waals surface area contributed by atoms with Crippen LogP contribution in [0.3, 0.4) is 0 Å². The Kier molecular flexibility index (Phi) is 8.39. The lowest BCUT2D eigenvalue weighted by Gasteiger charge is -2.46. The Morgan fingerprint density at radius 2 is 1.61 bits per heavy atom. The van der Waals surface area contributed by atoms with Crippen molar-refractivity contribution in [3.05, 3.63) is 0 Å². The number of likely N-dealkylation sites (tertiary alicyclic amines) is 2. The van der Waals surface area contributed by atoms with E-state index in [-0.39, 0.29) is 6.54 Å². The van der Waals surface area contributed by atoms with Crippen LogP contribution in [0.5, 0.6) is 0 Å². The molecule has 0 aliphatic carbocycles. The van der Waals surface area contributed by atoms with Crippen LogP contribution < -0.4 is 0 Å². The third-order valence-electron chi connectivity index (χ3n) is 4.93. The van der Waals surface area contributed by atoms with Crippen LogP contribution in [0.15, 0.2) is 0 Å². The maximum absolute atomic E-state index is 14.5. The summed E-state index contributed by atoms with van der Waals surface area (Å²) in [5.41, 5.74) is 0. The van der Waals surface area contributed by atoms with Crippen molar-refractivity contribution >= 4 is 0 Å². The zero-order chi connectivity index (χ0) is 17.6. The minimum absolute atomic E-state index is 0.0660. The van der Waals surface area contributed by atoms with Gasteiger partial charge in [-0.05, 0) is 39.3 Å². The molecule has 0 aromatic carbocycles. The van der Waals surface area contributed by atoms with E-state index < -0.39 is 12.0 Å². The number of halogens is 2. The van der Waals surface area contributed by atoms with Gasteiger partial charge >= 0.3 is 0 Å². The van der Waals surface area contributed by atoms with Gasteiger partial charge in [0.25, 0.3) is 5.92 Å². The van der Waals surface area contributed by atoms with E-state index in [1.807, 2.05) is 23.6 Å². The quantitative estimate of drug-likeness (QED) is 0.781. The highest BCUT2D eigenvalue weighted by atomic mass is 19.3. The second-order valence-electron chi connectivity index (χ2n) is 7.43. The average Bonchev–Trinajstić information content (AvgIpc) is 2.48. The summed E-state index contributed by atoms with van der Waals surface area (Å²) in [4.78, 5) is 6.21. The summed E-state index contributed by atoms with van der Waals surface area (Å²) in [5.74, 6) is -2.12. The molecule has 2 heterocycles. The molecule has 0 aromatic rings. The Labute approximate surface area is 142 Å². The lowest BCUT2D eigenvalue weighted by atomic mass is 9.94. The van der Waals surface area contributed by atoms with Gasteiger partial charge in [0, 0.05) is 32.2 Å². The monoisotopic (exact) mass is 333 g/mol. The van der Waals surface area contributed by atoms with E-state index in [1.54, 1.807) is 0 Å². The molecule has 0 N–H and O–H groups in total. The van der Waals surface area contributed by atoms with Crippen molar-refractivity contribution in [1.29, 1.82) is 0 Å². The summed E-state index contributed by atoms with van der Waals surface area (Å²) in [5, 5.41) is 0. The molecule has 0 saturated carbocycles. The summed E-state index contributed by atoms with van der Waals surface area (Å²) < 4.78 is 29.0. The fourth-order valence-electron chi connectivity index (χ4n) is 3.83. The zero-order valence-corrected chi connectivity index (χ0v) is 16.0. The second-order valence-corrected chi connectivity index (χ2v) is 7.43. The first kappa shape index (κ1) is 20.8. The average molecular weight is 334 g/mol. The molecule has 2 saturated heterocycles. The molecule has 1 unspecified atom stereocenters. The Bertz CT molecular complexity index is 326. The number of nitrogens with zero attached hydrogens (tertiary/aromatic N) is 3. The molecular weight excluding hydrogens is 296 g/mol. The van der Waals surface area contributed by atoms with Gasteiger partial charge in [-0.25, -0.2) is 8.78 Å². The van der Waals surface area contributed by atoms with Crippen molar-refractivity contribution in [2.75, 3.05) is 46.8 Å². The number of alkyl halides is 2. The SMILES string of the molecule is CC.CC(C)CN1CCC(N2CCC(N(C)C)CC2)C(F)(F)C1. The molecule has 0 bridgehead atoms. The number of hydrogen-bond acceptors (Lipinski definition) is 3. The molecule has 0 aromatic heterocycles. The normalized spacial score (nSPS) is 27.1. The molecule has 5 heteroatoms. The van der Waals surface area contributed by atoms with Gasteiger partial charge in [0.2, 0.25) is 0 Å². The largest absolute Gasteiger partial charge is 0.306 e. The molecule has 2 fully saturated rings. The third kappa shape index (κ3) is 5.95. The summed E-state index contributed by atoms with van der Waals surface area (Å²) in [6.45, 7) is 11.3. The van der Waals surface area contributed by atoms with Crippen molar-refractivity contribution in [2.24, 2.45) is 5.92 Å². The van der Waals surface area contributed by atoms with Crippen molar-refractivity contribution in [1.82, 2.24) is 14.7 Å². The molecule has 2 aliphatic heterocycles. The Hall–Kier alpha value is -0.260. The topological polar surface area (TPSA) is 9.72 Å². The van der Waals surface area contributed by atoms with Crippen molar-refractivity contribution in [3.63, 3.8) is 0 Å². The van der Waals surface area contributed by atoms with Gasteiger partial charge in [-0.3, -0.25) is 9.80 Å². The van der Waals surface area contributed by atoms with E-state index in [4.69, 9.17) is 0 Å². The van der Waals surface area contributed by atoms with Gasteiger partial charge in [-0.1, -0.05) is 27.7 Å². The van der Waals surface area contributed by atoms with Crippen LogP contribution in [0.25, 0.3) is 0 Å². The van der Waals surface area contributed by atoms with E-state index in [0.29, 0.717) is 18.4 Å². The molecule has 3 nitrogen and oxygen atoms in total. The predicted molar refractivity (Wildman–Crippen MR) is 94.3 cm³/mol. The van der Waals surface area contributed by atoms with Crippen molar-refractivity contribution < 1.29 is 8.78 Å². The summed E-state index contributed by atoms with van der Waals surface area (Å²) in [7, 11) is 4.17. The molecule has 2 rings (SSSR count). The Morgan fingerprint density at radius 1 is 1.04 bits per heavy atom. The zero-order valence-electron chi connectivity index (χ0n) is 16.0. The van der Waals surface area contributed by atoms with Gasteiger partial charge in [0.1, 0.15) is 0 Å². The maximum atomic E-state index is 14.5. The van der Waals surface area contributed by atoms with E-state index in [2.05, 4.69) is 32.8 Å². The summed E-state index contributed by atoms with van der Waals surface area (Å²) in [6, 6.07) is -0.0000676. The molecule has 0 radical (unpaired) electrons. The molecule has 0 amide bonds. The summed E-state index contributed by atoms with van der Waals surface area (Å²) in [6.07, 6.45) is 2.62. The van der Waals surface area contributed by atoms with Crippen LogP contribution in [-0.4, -0.2) is 79.5 Å². The van der Waals surface area contributed by atoms with Gasteiger partial charge in [-0.15, -0.1) is 0 Å². The molecule has 2 aliphatic rings. The highest BCUT2D eigenvalue weighted by molar-refractivity contribution is 4.95. The number of piperidine rings is 2. The molecule has 23 heavy (non-hydrogen) atoms. The lowest BCUT2D eigenvalue weighted by Crippen LogP contribution is -2.60. The van der Waals surface area contributed by atoms with Crippen LogP contribution in [0.2, 0.25) is 0 Å². The van der Waals surface area contributed by atoms with Crippen molar-refractivity contribution in [3.8, 4) is 0 Å². The smallest absolute Gasteiger partial charge is 0.275 e. The predicted octanol–water partition coefficient (Wildman–Crippen LogP) is 3.40. The standard InChI is InChI=1S/C16H31F2N3.C2H6/c1-13(2)11-20-8-7-15(16(17,18)12-20)21-9-5-14(6-10-21)19(3)4;1-2/h13-15H,5-12H2,1-4H3;1-2H3. The van der Waals surface area contributed by atoms with E-state index in [0.717, 1.165) is 39.0 Å². The molecule has 0 spiro atoms. The Balaban J connectivity index is 0.00000127. The van der Waals surface area contributed by atoms with Crippen LogP contribution >= 0.6 is 0 Å². The Morgan fingerprint density at radius 3 is 2.04 bits per heavy atom. The van der Waals surface area contributed by atoms with Gasteiger partial charge in [-0.2, -0.15) is 0 Å². The number of hydrogen-bond donors (Lipinski definition) is 0. The van der Waals surface area contributed by atoms with E-state index >= 15 is 0 Å².